The zero-order valence-electron chi connectivity index (χ0n) is 14.1. The van der Waals surface area contributed by atoms with Gasteiger partial charge in [0.05, 0.1) is 18.5 Å². The maximum atomic E-state index is 12.4. The highest BCUT2D eigenvalue weighted by Gasteiger charge is 2.19. The molecule has 0 aliphatic carbocycles. The summed E-state index contributed by atoms with van der Waals surface area (Å²) in [5, 5.41) is 0. The van der Waals surface area contributed by atoms with Crippen LogP contribution in [0.2, 0.25) is 0 Å². The summed E-state index contributed by atoms with van der Waals surface area (Å²) in [4.78, 5) is 16.6. The van der Waals surface area contributed by atoms with Gasteiger partial charge < -0.3 is 4.74 Å². The summed E-state index contributed by atoms with van der Waals surface area (Å²) >= 11 is 3.48. The number of hydrogen-bond donors (Lipinski definition) is 2. The maximum absolute atomic E-state index is 12.4. The Morgan fingerprint density at radius 3 is 2.81 bits per heavy atom. The molecule has 0 unspecified atom stereocenters. The van der Waals surface area contributed by atoms with Gasteiger partial charge in [0.2, 0.25) is 0 Å². The first-order valence-electron chi connectivity index (χ1n) is 8.21. The molecule has 2 N–H and O–H groups in total. The fraction of sp³-hybridized carbons (Fsp3) is 0.158. The lowest BCUT2D eigenvalue weighted by Gasteiger charge is -2.22. The Morgan fingerprint density at radius 1 is 1.15 bits per heavy atom. The van der Waals surface area contributed by atoms with E-state index in [1.807, 2.05) is 48.5 Å². The van der Waals surface area contributed by atoms with Crippen molar-refractivity contribution in [2.24, 2.45) is 0 Å². The minimum Gasteiger partial charge on any atom is -0.497 e. The van der Waals surface area contributed by atoms with E-state index in [9.17, 15) is 4.79 Å². The zero-order chi connectivity index (χ0) is 18.1. The number of benzene rings is 2. The Labute approximate surface area is 158 Å². The molecular formula is C19H17BrN4O2. The van der Waals surface area contributed by atoms with Gasteiger partial charge in [0.25, 0.3) is 0 Å². The van der Waals surface area contributed by atoms with Gasteiger partial charge in [-0.05, 0) is 58.2 Å². The Bertz CT molecular complexity index is 1030. The molecule has 0 amide bonds. The van der Waals surface area contributed by atoms with Gasteiger partial charge in [-0.15, -0.1) is 0 Å². The molecule has 0 atom stereocenters. The summed E-state index contributed by atoms with van der Waals surface area (Å²) < 4.78 is 7.93. The standard InChI is InChI=1S/C19H17BrN4O2/c1-26-13-6-7-14-12(10-13)8-9-24-17(14)11-18(21-19(24)25)23-22-16-5-3-2-4-15(16)20/h2-7,10-11,22H,8-9H2,1H3,(H,21,23,25). The number of aromatic nitrogens is 2. The van der Waals surface area contributed by atoms with E-state index in [-0.39, 0.29) is 5.69 Å². The molecular weight excluding hydrogens is 396 g/mol. The highest BCUT2D eigenvalue weighted by molar-refractivity contribution is 9.10. The fourth-order valence-electron chi connectivity index (χ4n) is 3.09. The van der Waals surface area contributed by atoms with Crippen LogP contribution >= 0.6 is 15.9 Å². The maximum Gasteiger partial charge on any atom is 0.350 e. The molecule has 132 valence electrons. The molecule has 0 saturated carbocycles. The lowest BCUT2D eigenvalue weighted by Crippen LogP contribution is -2.29. The number of anilines is 2. The largest absolute Gasteiger partial charge is 0.497 e. The van der Waals surface area contributed by atoms with Gasteiger partial charge in [-0.25, -0.2) is 4.79 Å². The number of nitrogens with one attached hydrogen (secondary N) is 2. The van der Waals surface area contributed by atoms with Crippen molar-refractivity contribution in [3.63, 3.8) is 0 Å². The molecule has 6 nitrogen and oxygen atoms in total. The molecule has 0 spiro atoms. The van der Waals surface area contributed by atoms with Gasteiger partial charge in [0.15, 0.2) is 5.82 Å². The minimum atomic E-state index is -0.264. The molecule has 2 heterocycles. The third-order valence-electron chi connectivity index (χ3n) is 4.40. The summed E-state index contributed by atoms with van der Waals surface area (Å²) in [6, 6.07) is 15.5. The summed E-state index contributed by atoms with van der Waals surface area (Å²) in [7, 11) is 1.66. The lowest BCUT2D eigenvalue weighted by atomic mass is 9.97. The molecule has 1 aliphatic heterocycles. The number of halogens is 1. The molecule has 1 aromatic heterocycles. The van der Waals surface area contributed by atoms with E-state index in [1.54, 1.807) is 11.7 Å². The van der Waals surface area contributed by atoms with Crippen LogP contribution in [-0.2, 0) is 13.0 Å². The van der Waals surface area contributed by atoms with E-state index in [1.165, 1.54) is 5.56 Å². The molecule has 2 aromatic carbocycles. The van der Waals surface area contributed by atoms with Crippen molar-refractivity contribution in [1.29, 1.82) is 0 Å². The van der Waals surface area contributed by atoms with Crippen molar-refractivity contribution >= 4 is 27.4 Å². The Balaban J connectivity index is 1.68. The van der Waals surface area contributed by atoms with Crippen molar-refractivity contribution in [3.05, 3.63) is 69.1 Å². The van der Waals surface area contributed by atoms with Crippen molar-refractivity contribution in [1.82, 2.24) is 9.55 Å². The van der Waals surface area contributed by atoms with Crippen molar-refractivity contribution in [2.75, 3.05) is 18.0 Å². The van der Waals surface area contributed by atoms with Gasteiger partial charge >= 0.3 is 5.69 Å². The van der Waals surface area contributed by atoms with Crippen molar-refractivity contribution < 1.29 is 4.74 Å². The van der Waals surface area contributed by atoms with Gasteiger partial charge in [-0.2, -0.15) is 4.98 Å². The third-order valence-corrected chi connectivity index (χ3v) is 5.09. The van der Waals surface area contributed by atoms with Crippen LogP contribution in [0, 0.1) is 0 Å². The van der Waals surface area contributed by atoms with E-state index in [4.69, 9.17) is 4.74 Å². The molecule has 0 radical (unpaired) electrons. The van der Waals surface area contributed by atoms with E-state index in [0.29, 0.717) is 12.4 Å². The number of aryl methyl sites for hydroxylation is 1. The summed E-state index contributed by atoms with van der Waals surface area (Å²) in [6.07, 6.45) is 0.781. The summed E-state index contributed by atoms with van der Waals surface area (Å²) in [5.74, 6) is 1.29. The summed E-state index contributed by atoms with van der Waals surface area (Å²) in [5.41, 5.74) is 9.74. The van der Waals surface area contributed by atoms with Crippen LogP contribution in [0.3, 0.4) is 0 Å². The van der Waals surface area contributed by atoms with Crippen LogP contribution in [0.1, 0.15) is 5.56 Å². The minimum absolute atomic E-state index is 0.264. The van der Waals surface area contributed by atoms with E-state index in [2.05, 4.69) is 31.8 Å². The molecule has 7 heteroatoms. The Hall–Kier alpha value is -2.80. The highest BCUT2D eigenvalue weighted by Crippen LogP contribution is 2.32. The molecule has 0 fully saturated rings. The third kappa shape index (κ3) is 3.06. The molecule has 3 aromatic rings. The number of fused-ring (bicyclic) bond motifs is 3. The predicted octanol–water partition coefficient (Wildman–Crippen LogP) is 3.68. The van der Waals surface area contributed by atoms with Crippen LogP contribution in [-0.4, -0.2) is 16.7 Å². The van der Waals surface area contributed by atoms with Crippen LogP contribution in [0.25, 0.3) is 11.3 Å². The van der Waals surface area contributed by atoms with E-state index < -0.39 is 0 Å². The van der Waals surface area contributed by atoms with Crippen LogP contribution in [0.4, 0.5) is 11.5 Å². The van der Waals surface area contributed by atoms with E-state index in [0.717, 1.165) is 33.6 Å². The second-order valence-corrected chi connectivity index (χ2v) is 6.82. The first-order valence-corrected chi connectivity index (χ1v) is 9.01. The summed E-state index contributed by atoms with van der Waals surface area (Å²) in [6.45, 7) is 0.610. The van der Waals surface area contributed by atoms with Crippen LogP contribution < -0.4 is 21.3 Å². The molecule has 1 aliphatic rings. The SMILES string of the molecule is COc1ccc2c(c1)CCn1c-2cc(NNc2ccccc2Br)nc1=O. The lowest BCUT2D eigenvalue weighted by molar-refractivity contribution is 0.414. The normalized spacial score (nSPS) is 12.1. The topological polar surface area (TPSA) is 68.2 Å². The van der Waals surface area contributed by atoms with E-state index >= 15 is 0 Å². The van der Waals surface area contributed by atoms with Gasteiger partial charge in [0, 0.05) is 22.6 Å². The molecule has 4 rings (SSSR count). The first kappa shape index (κ1) is 16.7. The molecule has 0 saturated heterocycles. The Kier molecular flexibility index (Phi) is 4.38. The number of methoxy groups -OCH3 is 1. The van der Waals surface area contributed by atoms with Crippen LogP contribution in [0.5, 0.6) is 5.75 Å². The number of hydrogen-bond acceptors (Lipinski definition) is 5. The first-order chi connectivity index (χ1) is 12.7. The van der Waals surface area contributed by atoms with Gasteiger partial charge in [0.1, 0.15) is 5.75 Å². The monoisotopic (exact) mass is 412 g/mol. The molecule has 0 bridgehead atoms. The predicted molar refractivity (Wildman–Crippen MR) is 106 cm³/mol. The van der Waals surface area contributed by atoms with Crippen LogP contribution in [0.15, 0.2) is 57.8 Å². The number of ether oxygens (including phenoxy) is 1. The van der Waals surface area contributed by atoms with Gasteiger partial charge in [-0.1, -0.05) is 12.1 Å². The zero-order valence-corrected chi connectivity index (χ0v) is 15.7. The quantitative estimate of drug-likeness (QED) is 0.639. The average molecular weight is 413 g/mol. The highest BCUT2D eigenvalue weighted by atomic mass is 79.9. The number of para-hydroxylation sites is 1. The fourth-order valence-corrected chi connectivity index (χ4v) is 3.47. The number of hydrazine groups is 1. The van der Waals surface area contributed by atoms with Gasteiger partial charge in [-0.3, -0.25) is 15.4 Å². The number of rotatable bonds is 4. The second-order valence-electron chi connectivity index (χ2n) is 5.96. The van der Waals surface area contributed by atoms with Crippen molar-refractivity contribution in [3.8, 4) is 17.0 Å². The molecule has 26 heavy (non-hydrogen) atoms. The Morgan fingerprint density at radius 2 is 2.00 bits per heavy atom. The van der Waals surface area contributed by atoms with Crippen molar-refractivity contribution in [2.45, 2.75) is 13.0 Å². The average Bonchev–Trinajstić information content (AvgIpc) is 2.66. The smallest absolute Gasteiger partial charge is 0.350 e. The number of nitrogens with zero attached hydrogens (tertiary/aromatic N) is 2. The second kappa shape index (κ2) is 6.84.